The van der Waals surface area contributed by atoms with Gasteiger partial charge in [-0.15, -0.1) is 0 Å². The summed E-state index contributed by atoms with van der Waals surface area (Å²) in [4.78, 5) is 18.7. The topological polar surface area (TPSA) is 33.2 Å². The Labute approximate surface area is 143 Å². The number of carbonyl (C=O) groups excluding carboxylic acids is 1. The highest BCUT2D eigenvalue weighted by Gasteiger charge is 2.39. The maximum absolute atomic E-state index is 12.4. The molecule has 0 radical (unpaired) electrons. The zero-order valence-electron chi connectivity index (χ0n) is 14.5. The van der Waals surface area contributed by atoms with Gasteiger partial charge in [-0.25, -0.2) is 4.98 Å². The highest BCUT2D eigenvalue weighted by molar-refractivity contribution is 8.14. The highest BCUT2D eigenvalue weighted by atomic mass is 32.2. The molecule has 1 fully saturated rings. The van der Waals surface area contributed by atoms with Crippen molar-refractivity contribution in [2.45, 2.75) is 51.8 Å². The van der Waals surface area contributed by atoms with E-state index < -0.39 is 0 Å². The van der Waals surface area contributed by atoms with Crippen LogP contribution in [0.2, 0.25) is 0 Å². The van der Waals surface area contributed by atoms with Crippen molar-refractivity contribution in [1.29, 1.82) is 0 Å². The Bertz CT molecular complexity index is 680. The number of rotatable bonds is 1. The molecule has 2 heterocycles. The van der Waals surface area contributed by atoms with Crippen LogP contribution in [0.1, 0.15) is 45.5 Å². The number of likely N-dealkylation sites (tertiary alicyclic amines) is 1. The fraction of sp³-hybridized carbons (Fsp3) is 0.474. The van der Waals surface area contributed by atoms with Crippen LogP contribution in [0.3, 0.4) is 0 Å². The average Bonchev–Trinajstić information content (AvgIpc) is 2.73. The van der Waals surface area contributed by atoms with Crippen LogP contribution in [0.4, 0.5) is 4.79 Å². The molecular weight excluding hydrogens is 304 g/mol. The van der Waals surface area contributed by atoms with Crippen LogP contribution in [0.5, 0.6) is 0 Å². The first-order valence-electron chi connectivity index (χ1n) is 7.93. The molecule has 2 rings (SSSR count). The zero-order valence-corrected chi connectivity index (χ0v) is 15.3. The quantitative estimate of drug-likeness (QED) is 0.716. The van der Waals surface area contributed by atoms with E-state index in [0.717, 1.165) is 24.4 Å². The van der Waals surface area contributed by atoms with Gasteiger partial charge < -0.3 is 4.90 Å². The molecule has 1 aromatic rings. The minimum Gasteiger partial charge on any atom is -0.324 e. The molecule has 1 amide bonds. The minimum atomic E-state index is -0.270. The molecule has 0 spiro atoms. The lowest BCUT2D eigenvalue weighted by Gasteiger charge is -2.32. The van der Waals surface area contributed by atoms with E-state index in [9.17, 15) is 4.79 Å². The summed E-state index contributed by atoms with van der Waals surface area (Å²) in [5.74, 6) is 6.19. The van der Waals surface area contributed by atoms with E-state index >= 15 is 0 Å². The highest BCUT2D eigenvalue weighted by Crippen LogP contribution is 2.36. The third-order valence-electron chi connectivity index (χ3n) is 3.96. The van der Waals surface area contributed by atoms with Gasteiger partial charge in [0.1, 0.15) is 5.69 Å². The summed E-state index contributed by atoms with van der Waals surface area (Å²) in [6, 6.07) is 5.83. The van der Waals surface area contributed by atoms with E-state index in [0.29, 0.717) is 5.25 Å². The van der Waals surface area contributed by atoms with E-state index in [1.807, 2.05) is 49.9 Å². The van der Waals surface area contributed by atoms with Gasteiger partial charge in [0.2, 0.25) is 0 Å². The lowest BCUT2D eigenvalue weighted by atomic mass is 9.95. The van der Waals surface area contributed by atoms with Gasteiger partial charge in [-0.2, -0.15) is 0 Å². The normalized spacial score (nSPS) is 18.2. The van der Waals surface area contributed by atoms with E-state index in [2.05, 4.69) is 30.7 Å². The Morgan fingerprint density at radius 1 is 1.43 bits per heavy atom. The van der Waals surface area contributed by atoms with Gasteiger partial charge in [0.25, 0.3) is 5.24 Å². The van der Waals surface area contributed by atoms with Gasteiger partial charge in [-0.05, 0) is 56.9 Å². The van der Waals surface area contributed by atoms with Gasteiger partial charge in [-0.3, -0.25) is 4.79 Å². The molecule has 4 heteroatoms. The third-order valence-corrected chi connectivity index (χ3v) is 4.85. The molecule has 0 aliphatic carbocycles. The number of allylic oxidation sites excluding steroid dienone is 1. The van der Waals surface area contributed by atoms with E-state index in [1.54, 1.807) is 0 Å². The van der Waals surface area contributed by atoms with E-state index in [-0.39, 0.29) is 10.8 Å². The molecule has 1 aliphatic heterocycles. The molecule has 122 valence electrons. The number of thioether (sulfide) groups is 1. The van der Waals surface area contributed by atoms with Crippen LogP contribution >= 0.6 is 11.8 Å². The molecule has 1 aromatic heterocycles. The second-order valence-electron chi connectivity index (χ2n) is 6.50. The first kappa shape index (κ1) is 17.6. The molecule has 0 saturated carbocycles. The molecule has 0 unspecified atom stereocenters. The Kier molecular flexibility index (Phi) is 5.54. The van der Waals surface area contributed by atoms with Crippen molar-refractivity contribution < 1.29 is 4.79 Å². The predicted molar refractivity (Wildman–Crippen MR) is 97.5 cm³/mol. The Balaban J connectivity index is 2.14. The van der Waals surface area contributed by atoms with Gasteiger partial charge in [0.05, 0.1) is 5.54 Å². The van der Waals surface area contributed by atoms with Crippen LogP contribution in [0.15, 0.2) is 29.8 Å². The molecule has 3 nitrogen and oxygen atoms in total. The van der Waals surface area contributed by atoms with Crippen LogP contribution in [-0.2, 0) is 0 Å². The summed E-state index contributed by atoms with van der Waals surface area (Å²) in [5.41, 5.74) is 2.68. The lowest BCUT2D eigenvalue weighted by molar-refractivity contribution is 0.199. The van der Waals surface area contributed by atoms with Gasteiger partial charge >= 0.3 is 0 Å². The second-order valence-corrected chi connectivity index (χ2v) is 8.02. The number of aromatic nitrogens is 1. The summed E-state index contributed by atoms with van der Waals surface area (Å²) in [6.07, 6.45) is 2.84. The van der Waals surface area contributed by atoms with Crippen LogP contribution < -0.4 is 0 Å². The summed E-state index contributed by atoms with van der Waals surface area (Å²) < 4.78 is 0. The predicted octanol–water partition coefficient (Wildman–Crippen LogP) is 4.41. The fourth-order valence-electron chi connectivity index (χ4n) is 2.63. The van der Waals surface area contributed by atoms with Gasteiger partial charge in [0.15, 0.2) is 0 Å². The Morgan fingerprint density at radius 3 is 2.83 bits per heavy atom. The van der Waals surface area contributed by atoms with Crippen molar-refractivity contribution in [2.75, 3.05) is 6.54 Å². The Morgan fingerprint density at radius 2 is 2.17 bits per heavy atom. The standard InChI is InChI=1S/C19H24N2OS/c1-14(2)23-18(22)21-13-12-16(19(21,4)5)9-7-11-17-10-6-8-15(3)20-17/h6,8-10,14H,12-13H2,1-5H3/b16-9+. The smallest absolute Gasteiger partial charge is 0.282 e. The summed E-state index contributed by atoms with van der Waals surface area (Å²) in [6.45, 7) is 11.0. The molecule has 1 aliphatic rings. The van der Waals surface area contributed by atoms with Crippen molar-refractivity contribution in [3.63, 3.8) is 0 Å². The number of carbonyl (C=O) groups is 1. The number of hydrogen-bond donors (Lipinski definition) is 0. The summed E-state index contributed by atoms with van der Waals surface area (Å²) >= 11 is 1.39. The van der Waals surface area contributed by atoms with Gasteiger partial charge in [-0.1, -0.05) is 37.6 Å². The van der Waals surface area contributed by atoms with Crippen molar-refractivity contribution in [2.24, 2.45) is 0 Å². The number of nitrogens with zero attached hydrogens (tertiary/aromatic N) is 2. The molecule has 0 N–H and O–H groups in total. The monoisotopic (exact) mass is 328 g/mol. The van der Waals surface area contributed by atoms with E-state index in [1.165, 1.54) is 17.3 Å². The van der Waals surface area contributed by atoms with Crippen molar-refractivity contribution in [3.8, 4) is 11.8 Å². The first-order chi connectivity index (χ1) is 10.8. The molecule has 1 saturated heterocycles. The summed E-state index contributed by atoms with van der Waals surface area (Å²) in [5, 5.41) is 0.459. The van der Waals surface area contributed by atoms with Crippen LogP contribution in [-0.4, -0.2) is 32.5 Å². The molecule has 23 heavy (non-hydrogen) atoms. The van der Waals surface area contributed by atoms with Crippen molar-refractivity contribution >= 4 is 17.0 Å². The second kappa shape index (κ2) is 7.23. The van der Waals surface area contributed by atoms with Crippen molar-refractivity contribution in [3.05, 3.63) is 41.2 Å². The maximum atomic E-state index is 12.4. The Hall–Kier alpha value is -1.73. The molecule has 0 aromatic carbocycles. The SMILES string of the molecule is Cc1cccc(C#C/C=C2\CCN(C(=O)SC(C)C)C2(C)C)n1. The van der Waals surface area contributed by atoms with E-state index in [4.69, 9.17) is 0 Å². The summed E-state index contributed by atoms with van der Waals surface area (Å²) in [7, 11) is 0. The minimum absolute atomic E-state index is 0.154. The lowest BCUT2D eigenvalue weighted by Crippen LogP contribution is -2.42. The number of hydrogen-bond acceptors (Lipinski definition) is 3. The van der Waals surface area contributed by atoms with Crippen molar-refractivity contribution in [1.82, 2.24) is 9.88 Å². The van der Waals surface area contributed by atoms with Crippen LogP contribution in [0, 0.1) is 18.8 Å². The third kappa shape index (κ3) is 4.39. The first-order valence-corrected chi connectivity index (χ1v) is 8.81. The number of amides is 1. The van der Waals surface area contributed by atoms with Gasteiger partial charge in [0, 0.05) is 17.5 Å². The van der Waals surface area contributed by atoms with Crippen LogP contribution in [0.25, 0.3) is 0 Å². The largest absolute Gasteiger partial charge is 0.324 e. The maximum Gasteiger partial charge on any atom is 0.282 e. The average molecular weight is 328 g/mol. The molecule has 0 atom stereocenters. The number of pyridine rings is 1. The molecular formula is C19H24N2OS. The molecule has 0 bridgehead atoms. The number of aryl methyl sites for hydroxylation is 1. The zero-order chi connectivity index (χ0) is 17.0. The fourth-order valence-corrected chi connectivity index (χ4v) is 3.48.